The quantitative estimate of drug-likeness (QED) is 0.840. The molecule has 1 fully saturated rings. The maximum Gasteiger partial charge on any atom is 0.255 e. The predicted octanol–water partition coefficient (Wildman–Crippen LogP) is 4.18. The molecule has 2 aromatic carbocycles. The molecule has 1 aliphatic heterocycles. The zero-order valence-corrected chi connectivity index (χ0v) is 14.1. The molecule has 0 aliphatic carbocycles. The SMILES string of the molecule is N#Cc1ccccc1C(=O)N1CCC[C@H](CCc2ccc(F)cc2)C1. The number of carbonyl (C=O) groups is 1. The maximum absolute atomic E-state index is 13.0. The van der Waals surface area contributed by atoms with Crippen LogP contribution in [0.25, 0.3) is 0 Å². The summed E-state index contributed by atoms with van der Waals surface area (Å²) in [5.74, 6) is 0.176. The summed E-state index contributed by atoms with van der Waals surface area (Å²) in [6.45, 7) is 1.46. The number of nitrogens with zero attached hydrogens (tertiary/aromatic N) is 2. The van der Waals surface area contributed by atoms with E-state index in [9.17, 15) is 14.4 Å². The van der Waals surface area contributed by atoms with Gasteiger partial charge in [-0.15, -0.1) is 0 Å². The van der Waals surface area contributed by atoms with E-state index >= 15 is 0 Å². The lowest BCUT2D eigenvalue weighted by atomic mass is 9.91. The summed E-state index contributed by atoms with van der Waals surface area (Å²) in [7, 11) is 0. The molecule has 128 valence electrons. The van der Waals surface area contributed by atoms with Crippen LogP contribution in [0.1, 0.15) is 40.7 Å². The molecule has 1 saturated heterocycles. The number of likely N-dealkylation sites (tertiary alicyclic amines) is 1. The van der Waals surface area contributed by atoms with Crippen molar-refractivity contribution in [3.05, 3.63) is 71.0 Å². The molecular weight excluding hydrogens is 315 g/mol. The van der Waals surface area contributed by atoms with Crippen LogP contribution in [0.2, 0.25) is 0 Å². The van der Waals surface area contributed by atoms with E-state index in [0.29, 0.717) is 17.0 Å². The molecule has 3 rings (SSSR count). The Kier molecular flexibility index (Phi) is 5.45. The van der Waals surface area contributed by atoms with Crippen molar-refractivity contribution in [2.45, 2.75) is 25.7 Å². The molecule has 0 bridgehead atoms. The van der Waals surface area contributed by atoms with E-state index in [1.165, 1.54) is 12.1 Å². The fourth-order valence-electron chi connectivity index (χ4n) is 3.44. The maximum atomic E-state index is 13.0. The highest BCUT2D eigenvalue weighted by Crippen LogP contribution is 2.23. The van der Waals surface area contributed by atoms with Gasteiger partial charge in [-0.25, -0.2) is 4.39 Å². The smallest absolute Gasteiger partial charge is 0.255 e. The van der Waals surface area contributed by atoms with Crippen LogP contribution < -0.4 is 0 Å². The Morgan fingerprint density at radius 1 is 1.20 bits per heavy atom. The molecule has 4 heteroatoms. The summed E-state index contributed by atoms with van der Waals surface area (Å²) in [6.07, 6.45) is 3.95. The van der Waals surface area contributed by atoms with Gasteiger partial charge in [0, 0.05) is 13.1 Å². The highest BCUT2D eigenvalue weighted by Gasteiger charge is 2.25. The van der Waals surface area contributed by atoms with Gasteiger partial charge in [-0.1, -0.05) is 24.3 Å². The number of halogens is 1. The fourth-order valence-corrected chi connectivity index (χ4v) is 3.44. The van der Waals surface area contributed by atoms with E-state index in [1.54, 1.807) is 24.3 Å². The third-order valence-corrected chi connectivity index (χ3v) is 4.84. The molecule has 0 aromatic heterocycles. The second-order valence-electron chi connectivity index (χ2n) is 6.58. The third-order valence-electron chi connectivity index (χ3n) is 4.84. The minimum absolute atomic E-state index is 0.0522. The van der Waals surface area contributed by atoms with Crippen LogP contribution in [0, 0.1) is 23.1 Å². The first-order valence-corrected chi connectivity index (χ1v) is 8.70. The van der Waals surface area contributed by atoms with Crippen molar-refractivity contribution in [2.24, 2.45) is 5.92 Å². The molecule has 0 radical (unpaired) electrons. The number of hydrogen-bond donors (Lipinski definition) is 0. The predicted molar refractivity (Wildman–Crippen MR) is 94.5 cm³/mol. The number of benzene rings is 2. The van der Waals surface area contributed by atoms with E-state index in [1.807, 2.05) is 17.0 Å². The summed E-state index contributed by atoms with van der Waals surface area (Å²) in [6, 6.07) is 15.7. The van der Waals surface area contributed by atoms with Crippen LogP contribution in [-0.4, -0.2) is 23.9 Å². The standard InChI is InChI=1S/C21H21FN2O/c22-19-11-9-16(10-12-19)7-8-17-4-3-13-24(15-17)21(25)20-6-2-1-5-18(20)14-23/h1-2,5-6,9-12,17H,3-4,7-8,13,15H2/t17-/m1/s1. The summed E-state index contributed by atoms with van der Waals surface area (Å²) < 4.78 is 13.0. The number of hydrogen-bond acceptors (Lipinski definition) is 2. The van der Waals surface area contributed by atoms with Crippen LogP contribution in [0.15, 0.2) is 48.5 Å². The van der Waals surface area contributed by atoms with Gasteiger partial charge in [-0.3, -0.25) is 4.79 Å². The summed E-state index contributed by atoms with van der Waals surface area (Å²) in [4.78, 5) is 14.6. The fraction of sp³-hybridized carbons (Fsp3) is 0.333. The lowest BCUT2D eigenvalue weighted by molar-refractivity contribution is 0.0668. The Labute approximate surface area is 147 Å². The van der Waals surface area contributed by atoms with Crippen LogP contribution in [-0.2, 0) is 6.42 Å². The molecule has 3 nitrogen and oxygen atoms in total. The highest BCUT2D eigenvalue weighted by molar-refractivity contribution is 5.96. The van der Waals surface area contributed by atoms with Crippen molar-refractivity contribution >= 4 is 5.91 Å². The largest absolute Gasteiger partial charge is 0.338 e. The number of aryl methyl sites for hydroxylation is 1. The zero-order chi connectivity index (χ0) is 17.6. The number of nitriles is 1. The van der Waals surface area contributed by atoms with E-state index in [-0.39, 0.29) is 11.7 Å². The number of carbonyl (C=O) groups excluding carboxylic acids is 1. The van der Waals surface area contributed by atoms with Crippen LogP contribution >= 0.6 is 0 Å². The van der Waals surface area contributed by atoms with Gasteiger partial charge in [-0.05, 0) is 61.4 Å². The Bertz CT molecular complexity index is 779. The molecule has 0 spiro atoms. The van der Waals surface area contributed by atoms with Gasteiger partial charge in [0.25, 0.3) is 5.91 Å². The second-order valence-corrected chi connectivity index (χ2v) is 6.58. The molecule has 0 N–H and O–H groups in total. The molecule has 1 atom stereocenters. The van der Waals surface area contributed by atoms with Gasteiger partial charge in [-0.2, -0.15) is 5.26 Å². The molecule has 2 aromatic rings. The molecule has 25 heavy (non-hydrogen) atoms. The number of rotatable bonds is 4. The Hall–Kier alpha value is -2.67. The normalized spacial score (nSPS) is 17.1. The lowest BCUT2D eigenvalue weighted by Gasteiger charge is -2.33. The minimum Gasteiger partial charge on any atom is -0.338 e. The zero-order valence-electron chi connectivity index (χ0n) is 14.1. The lowest BCUT2D eigenvalue weighted by Crippen LogP contribution is -2.40. The first-order valence-electron chi connectivity index (χ1n) is 8.70. The van der Waals surface area contributed by atoms with E-state index in [4.69, 9.17) is 0 Å². The molecule has 1 aliphatic rings. The van der Waals surface area contributed by atoms with Crippen molar-refractivity contribution < 1.29 is 9.18 Å². The van der Waals surface area contributed by atoms with Crippen LogP contribution in [0.5, 0.6) is 0 Å². The summed E-state index contributed by atoms with van der Waals surface area (Å²) in [5.41, 5.74) is 2.05. The van der Waals surface area contributed by atoms with E-state index in [2.05, 4.69) is 6.07 Å². The first kappa shape index (κ1) is 17.2. The van der Waals surface area contributed by atoms with Gasteiger partial charge in [0.1, 0.15) is 5.82 Å². The van der Waals surface area contributed by atoms with Crippen molar-refractivity contribution in [3.63, 3.8) is 0 Å². The van der Waals surface area contributed by atoms with Crippen molar-refractivity contribution in [1.82, 2.24) is 4.90 Å². The summed E-state index contributed by atoms with van der Waals surface area (Å²) >= 11 is 0. The van der Waals surface area contributed by atoms with Gasteiger partial charge in [0.15, 0.2) is 0 Å². The number of amides is 1. The Morgan fingerprint density at radius 2 is 1.96 bits per heavy atom. The van der Waals surface area contributed by atoms with Crippen molar-refractivity contribution in [2.75, 3.05) is 13.1 Å². The average Bonchev–Trinajstić information content (AvgIpc) is 2.67. The Morgan fingerprint density at radius 3 is 2.72 bits per heavy atom. The van der Waals surface area contributed by atoms with Crippen LogP contribution in [0.3, 0.4) is 0 Å². The van der Waals surface area contributed by atoms with Crippen molar-refractivity contribution in [3.8, 4) is 6.07 Å². The van der Waals surface area contributed by atoms with Crippen LogP contribution in [0.4, 0.5) is 4.39 Å². The van der Waals surface area contributed by atoms with Gasteiger partial charge >= 0.3 is 0 Å². The molecule has 1 heterocycles. The minimum atomic E-state index is -0.214. The highest BCUT2D eigenvalue weighted by atomic mass is 19.1. The van der Waals surface area contributed by atoms with Gasteiger partial charge < -0.3 is 4.90 Å². The first-order chi connectivity index (χ1) is 12.2. The molecular formula is C21H21FN2O. The summed E-state index contributed by atoms with van der Waals surface area (Å²) in [5, 5.41) is 9.20. The second kappa shape index (κ2) is 7.94. The van der Waals surface area contributed by atoms with Gasteiger partial charge in [0.05, 0.1) is 17.2 Å². The Balaban J connectivity index is 1.62. The van der Waals surface area contributed by atoms with E-state index in [0.717, 1.165) is 44.3 Å². The van der Waals surface area contributed by atoms with E-state index < -0.39 is 0 Å². The topological polar surface area (TPSA) is 44.1 Å². The van der Waals surface area contributed by atoms with Crippen molar-refractivity contribution in [1.29, 1.82) is 5.26 Å². The molecule has 0 unspecified atom stereocenters. The molecule has 1 amide bonds. The molecule has 0 saturated carbocycles. The third kappa shape index (κ3) is 4.24. The van der Waals surface area contributed by atoms with Gasteiger partial charge in [0.2, 0.25) is 0 Å². The monoisotopic (exact) mass is 336 g/mol. The number of piperidine rings is 1. The average molecular weight is 336 g/mol.